The molecule has 1 aliphatic rings. The maximum absolute atomic E-state index is 13.0. The molecule has 2 aromatic carbocycles. The fourth-order valence-corrected chi connectivity index (χ4v) is 4.62. The highest BCUT2D eigenvalue weighted by Crippen LogP contribution is 2.30. The number of nitrogens with one attached hydrogen (secondary N) is 1. The van der Waals surface area contributed by atoms with Crippen molar-refractivity contribution in [2.24, 2.45) is 0 Å². The van der Waals surface area contributed by atoms with E-state index in [1.807, 2.05) is 0 Å². The molecule has 0 spiro atoms. The number of carbonyl (C=O) groups is 1. The number of amides is 1. The van der Waals surface area contributed by atoms with Gasteiger partial charge in [0.05, 0.1) is 25.9 Å². The van der Waals surface area contributed by atoms with E-state index < -0.39 is 27.7 Å². The third-order valence-electron chi connectivity index (χ3n) is 4.68. The number of anilines is 1. The zero-order valence-corrected chi connectivity index (χ0v) is 17.9. The molecule has 0 aliphatic carbocycles. The lowest BCUT2D eigenvalue weighted by Gasteiger charge is -2.26. The van der Waals surface area contributed by atoms with Gasteiger partial charge in [0, 0.05) is 24.9 Å². The predicted octanol–water partition coefficient (Wildman–Crippen LogP) is 3.39. The van der Waals surface area contributed by atoms with Crippen molar-refractivity contribution < 1.29 is 35.9 Å². The Morgan fingerprint density at radius 3 is 2.38 bits per heavy atom. The number of carbonyl (C=O) groups excluding carboxylic acids is 1. The minimum absolute atomic E-state index is 0.0350. The Morgan fingerprint density at radius 2 is 1.78 bits per heavy atom. The molecule has 1 aliphatic heterocycles. The molecule has 0 unspecified atom stereocenters. The minimum Gasteiger partial charge on any atom is -0.495 e. The molecule has 172 valence electrons. The lowest BCUT2D eigenvalue weighted by Crippen LogP contribution is -2.40. The third-order valence-corrected chi connectivity index (χ3v) is 6.60. The summed E-state index contributed by atoms with van der Waals surface area (Å²) in [6.07, 6.45) is -1.90. The van der Waals surface area contributed by atoms with Crippen LogP contribution in [0.25, 0.3) is 6.08 Å². The molecule has 3 rings (SSSR count). The average molecular weight is 470 g/mol. The van der Waals surface area contributed by atoms with Crippen LogP contribution in [0.1, 0.15) is 11.1 Å². The maximum Gasteiger partial charge on any atom is 0.416 e. The van der Waals surface area contributed by atoms with E-state index in [0.29, 0.717) is 18.8 Å². The van der Waals surface area contributed by atoms with Crippen molar-refractivity contribution in [1.82, 2.24) is 4.31 Å². The van der Waals surface area contributed by atoms with Gasteiger partial charge in [-0.1, -0.05) is 6.07 Å². The Kier molecular flexibility index (Phi) is 7.22. The fourth-order valence-electron chi connectivity index (χ4n) is 3.02. The highest BCUT2D eigenvalue weighted by molar-refractivity contribution is 7.89. The van der Waals surface area contributed by atoms with Crippen LogP contribution in [-0.4, -0.2) is 52.0 Å². The van der Waals surface area contributed by atoms with Gasteiger partial charge in [0.15, 0.2) is 0 Å². The summed E-state index contributed by atoms with van der Waals surface area (Å²) >= 11 is 0. The monoisotopic (exact) mass is 470 g/mol. The van der Waals surface area contributed by atoms with E-state index in [1.54, 1.807) is 6.07 Å². The molecule has 0 saturated carbocycles. The third kappa shape index (κ3) is 5.67. The zero-order chi connectivity index (χ0) is 23.4. The van der Waals surface area contributed by atoms with Gasteiger partial charge in [0.1, 0.15) is 10.6 Å². The van der Waals surface area contributed by atoms with Gasteiger partial charge in [-0.05, 0) is 48.0 Å². The van der Waals surface area contributed by atoms with E-state index in [2.05, 4.69) is 5.32 Å². The summed E-state index contributed by atoms with van der Waals surface area (Å²) < 4.78 is 75.6. The van der Waals surface area contributed by atoms with Crippen molar-refractivity contribution in [3.63, 3.8) is 0 Å². The Labute approximate surface area is 183 Å². The van der Waals surface area contributed by atoms with Crippen molar-refractivity contribution in [3.8, 4) is 5.75 Å². The second kappa shape index (κ2) is 9.72. The summed E-state index contributed by atoms with van der Waals surface area (Å²) in [5, 5.41) is 2.45. The van der Waals surface area contributed by atoms with Gasteiger partial charge in [0.25, 0.3) is 0 Å². The summed E-state index contributed by atoms with van der Waals surface area (Å²) in [6.45, 7) is 1.04. The predicted molar refractivity (Wildman–Crippen MR) is 112 cm³/mol. The number of rotatable bonds is 6. The van der Waals surface area contributed by atoms with Crippen LogP contribution in [0, 0.1) is 0 Å². The van der Waals surface area contributed by atoms with Crippen molar-refractivity contribution in [1.29, 1.82) is 0 Å². The molecular formula is C21H21F3N2O5S. The van der Waals surface area contributed by atoms with E-state index >= 15 is 0 Å². The second-order valence-electron chi connectivity index (χ2n) is 6.82. The number of ether oxygens (including phenoxy) is 2. The van der Waals surface area contributed by atoms with Crippen LogP contribution in [-0.2, 0) is 25.7 Å². The van der Waals surface area contributed by atoms with Crippen LogP contribution < -0.4 is 10.1 Å². The zero-order valence-electron chi connectivity index (χ0n) is 17.1. The van der Waals surface area contributed by atoms with Gasteiger partial charge in [-0.3, -0.25) is 4.79 Å². The molecule has 1 fully saturated rings. The first-order chi connectivity index (χ1) is 15.1. The van der Waals surface area contributed by atoms with Crippen molar-refractivity contribution in [2.75, 3.05) is 38.7 Å². The first kappa shape index (κ1) is 23.8. The first-order valence-electron chi connectivity index (χ1n) is 9.53. The Hall–Kier alpha value is -2.89. The minimum atomic E-state index is -4.46. The number of nitrogens with zero attached hydrogens (tertiary/aromatic N) is 1. The molecular weight excluding hydrogens is 449 g/mol. The fraction of sp³-hybridized carbons (Fsp3) is 0.286. The first-order valence-corrected chi connectivity index (χ1v) is 11.0. The van der Waals surface area contributed by atoms with Crippen molar-refractivity contribution >= 4 is 27.7 Å². The Morgan fingerprint density at radius 1 is 1.12 bits per heavy atom. The maximum atomic E-state index is 13.0. The van der Waals surface area contributed by atoms with Crippen LogP contribution in [0.4, 0.5) is 18.9 Å². The van der Waals surface area contributed by atoms with Gasteiger partial charge in [-0.25, -0.2) is 8.42 Å². The Balaban J connectivity index is 1.75. The number of halogens is 3. The number of alkyl halides is 3. The van der Waals surface area contributed by atoms with Crippen LogP contribution in [0.3, 0.4) is 0 Å². The summed E-state index contributed by atoms with van der Waals surface area (Å²) in [5.41, 5.74) is -0.198. The van der Waals surface area contributed by atoms with Gasteiger partial charge >= 0.3 is 6.18 Å². The normalized spacial score (nSPS) is 15.6. The molecule has 0 radical (unpaired) electrons. The standard InChI is InChI=1S/C21H21F3N2O5S/c1-30-18-8-2-15(14-19(18)32(28,29)26-10-12-31-13-11-26)3-9-20(27)25-17-6-4-16(5-7-17)21(22,23)24/h2-9,14H,10-13H2,1H3,(H,25,27)/b9-3+. The number of methoxy groups -OCH3 is 1. The molecule has 0 aromatic heterocycles. The van der Waals surface area contributed by atoms with Crippen LogP contribution >= 0.6 is 0 Å². The number of sulfonamides is 1. The number of hydrogen-bond donors (Lipinski definition) is 1. The highest BCUT2D eigenvalue weighted by atomic mass is 32.2. The lowest BCUT2D eigenvalue weighted by atomic mass is 10.2. The second-order valence-corrected chi connectivity index (χ2v) is 8.73. The van der Waals surface area contributed by atoms with Crippen molar-refractivity contribution in [2.45, 2.75) is 11.1 Å². The summed E-state index contributed by atoms with van der Waals surface area (Å²) in [4.78, 5) is 12.1. The molecule has 1 saturated heterocycles. The summed E-state index contributed by atoms with van der Waals surface area (Å²) in [7, 11) is -2.47. The highest BCUT2D eigenvalue weighted by Gasteiger charge is 2.30. The van der Waals surface area contributed by atoms with Crippen LogP contribution in [0.15, 0.2) is 53.4 Å². The Bertz CT molecular complexity index is 1090. The molecule has 1 amide bonds. The summed E-state index contributed by atoms with van der Waals surface area (Å²) in [6, 6.07) is 8.49. The molecule has 0 atom stereocenters. The van der Waals surface area contributed by atoms with E-state index in [-0.39, 0.29) is 29.4 Å². The van der Waals surface area contributed by atoms with Gasteiger partial charge in [0.2, 0.25) is 15.9 Å². The summed E-state index contributed by atoms with van der Waals surface area (Å²) in [5.74, 6) is -0.416. The molecule has 1 heterocycles. The largest absolute Gasteiger partial charge is 0.495 e. The lowest BCUT2D eigenvalue weighted by molar-refractivity contribution is -0.137. The van der Waals surface area contributed by atoms with Crippen molar-refractivity contribution in [3.05, 3.63) is 59.7 Å². The topological polar surface area (TPSA) is 84.9 Å². The number of hydrogen-bond acceptors (Lipinski definition) is 5. The smallest absolute Gasteiger partial charge is 0.416 e. The molecule has 32 heavy (non-hydrogen) atoms. The number of benzene rings is 2. The number of morpholine rings is 1. The molecule has 1 N–H and O–H groups in total. The van der Waals surface area contributed by atoms with Gasteiger partial charge in [-0.2, -0.15) is 17.5 Å². The van der Waals surface area contributed by atoms with Crippen LogP contribution in [0.2, 0.25) is 0 Å². The molecule has 11 heteroatoms. The molecule has 7 nitrogen and oxygen atoms in total. The molecule has 2 aromatic rings. The quantitative estimate of drug-likeness (QED) is 0.655. The van der Waals surface area contributed by atoms with Gasteiger partial charge in [-0.15, -0.1) is 0 Å². The van der Waals surface area contributed by atoms with Gasteiger partial charge < -0.3 is 14.8 Å². The van der Waals surface area contributed by atoms with Crippen LogP contribution in [0.5, 0.6) is 5.75 Å². The van der Waals surface area contributed by atoms with E-state index in [0.717, 1.165) is 30.3 Å². The van der Waals surface area contributed by atoms with E-state index in [9.17, 15) is 26.4 Å². The molecule has 0 bridgehead atoms. The SMILES string of the molecule is COc1ccc(/C=C/C(=O)Nc2ccc(C(F)(F)F)cc2)cc1S(=O)(=O)N1CCOCC1. The average Bonchev–Trinajstić information content (AvgIpc) is 2.78. The van der Waals surface area contributed by atoms with E-state index in [1.165, 1.54) is 29.6 Å². The van der Waals surface area contributed by atoms with E-state index in [4.69, 9.17) is 9.47 Å².